The lowest BCUT2D eigenvalue weighted by Gasteiger charge is -2.11. The van der Waals surface area contributed by atoms with Gasteiger partial charge in [-0.15, -0.1) is 0 Å². The van der Waals surface area contributed by atoms with Crippen LogP contribution in [0.15, 0.2) is 36.4 Å². The Balaban J connectivity index is 2.21. The van der Waals surface area contributed by atoms with Gasteiger partial charge in [-0.2, -0.15) is 0 Å². The van der Waals surface area contributed by atoms with Crippen LogP contribution in [-0.4, -0.2) is 17.6 Å². The van der Waals surface area contributed by atoms with Crippen LogP contribution in [0.25, 0.3) is 0 Å². The Morgan fingerprint density at radius 2 is 1.86 bits per heavy atom. The molecule has 0 spiro atoms. The number of aliphatic hydroxyl groups excluding tert-OH is 1. The number of benzene rings is 2. The molecular weight excluding hydrogens is 292 g/mol. The average molecular weight is 307 g/mol. The van der Waals surface area contributed by atoms with Gasteiger partial charge in [0.1, 0.15) is 17.4 Å². The molecule has 4 nitrogen and oxygen atoms in total. The zero-order valence-corrected chi connectivity index (χ0v) is 11.9. The van der Waals surface area contributed by atoms with E-state index in [-0.39, 0.29) is 12.2 Å². The molecule has 0 saturated heterocycles. The minimum absolute atomic E-state index is 0.128. The molecule has 116 valence electrons. The number of ether oxygens (including phenoxy) is 1. The van der Waals surface area contributed by atoms with Gasteiger partial charge in [-0.25, -0.2) is 8.78 Å². The second-order valence-corrected chi connectivity index (χ2v) is 4.53. The molecule has 0 aliphatic rings. The minimum Gasteiger partial charge on any atom is -0.494 e. The molecule has 2 aromatic carbocycles. The smallest absolute Gasteiger partial charge is 0.255 e. The van der Waals surface area contributed by atoms with E-state index >= 15 is 0 Å². The Bertz CT molecular complexity index is 669. The Morgan fingerprint density at radius 1 is 1.18 bits per heavy atom. The third-order valence-corrected chi connectivity index (χ3v) is 2.91. The summed E-state index contributed by atoms with van der Waals surface area (Å²) in [6.45, 7) is 2.00. The van der Waals surface area contributed by atoms with Crippen LogP contribution in [0.2, 0.25) is 0 Å². The van der Waals surface area contributed by atoms with Crippen LogP contribution in [0, 0.1) is 11.6 Å². The van der Waals surface area contributed by atoms with Crippen molar-refractivity contribution in [2.75, 3.05) is 11.9 Å². The van der Waals surface area contributed by atoms with Gasteiger partial charge in [-0.1, -0.05) is 0 Å². The zero-order chi connectivity index (χ0) is 16.1. The summed E-state index contributed by atoms with van der Waals surface area (Å²) in [5, 5.41) is 11.8. The number of rotatable bonds is 5. The van der Waals surface area contributed by atoms with Gasteiger partial charge in [-0.3, -0.25) is 4.79 Å². The quantitative estimate of drug-likeness (QED) is 0.892. The summed E-state index contributed by atoms with van der Waals surface area (Å²) < 4.78 is 31.6. The summed E-state index contributed by atoms with van der Waals surface area (Å²) in [6.07, 6.45) is 0. The maximum absolute atomic E-state index is 13.1. The fraction of sp³-hybridized carbons (Fsp3) is 0.188. The third-order valence-electron chi connectivity index (χ3n) is 2.91. The number of carbonyl (C=O) groups excluding carboxylic acids is 1. The summed E-state index contributed by atoms with van der Waals surface area (Å²) in [4.78, 5) is 12.0. The number of hydrogen-bond donors (Lipinski definition) is 2. The predicted octanol–water partition coefficient (Wildman–Crippen LogP) is 3.11. The lowest BCUT2D eigenvalue weighted by atomic mass is 10.1. The van der Waals surface area contributed by atoms with Gasteiger partial charge in [0, 0.05) is 22.9 Å². The van der Waals surface area contributed by atoms with E-state index in [0.717, 1.165) is 12.1 Å². The molecule has 0 fully saturated rings. The number of halogens is 2. The van der Waals surface area contributed by atoms with E-state index in [0.29, 0.717) is 29.7 Å². The van der Waals surface area contributed by atoms with Gasteiger partial charge >= 0.3 is 0 Å². The van der Waals surface area contributed by atoms with Crippen LogP contribution in [0.1, 0.15) is 22.8 Å². The molecule has 0 bridgehead atoms. The van der Waals surface area contributed by atoms with Crippen molar-refractivity contribution in [3.05, 3.63) is 59.2 Å². The maximum atomic E-state index is 13.1. The first-order chi connectivity index (χ1) is 10.5. The van der Waals surface area contributed by atoms with Crippen molar-refractivity contribution in [1.82, 2.24) is 0 Å². The highest BCUT2D eigenvalue weighted by molar-refractivity contribution is 6.04. The maximum Gasteiger partial charge on any atom is 0.255 e. The first kappa shape index (κ1) is 15.9. The fourth-order valence-electron chi connectivity index (χ4n) is 1.97. The topological polar surface area (TPSA) is 58.6 Å². The first-order valence-electron chi connectivity index (χ1n) is 6.67. The molecule has 6 heteroatoms. The highest BCUT2D eigenvalue weighted by Gasteiger charge is 2.11. The summed E-state index contributed by atoms with van der Waals surface area (Å²) >= 11 is 0. The lowest BCUT2D eigenvalue weighted by Crippen LogP contribution is -2.13. The fourth-order valence-corrected chi connectivity index (χ4v) is 1.97. The van der Waals surface area contributed by atoms with E-state index in [1.165, 1.54) is 0 Å². The van der Waals surface area contributed by atoms with Crippen LogP contribution in [0.3, 0.4) is 0 Å². The van der Waals surface area contributed by atoms with E-state index < -0.39 is 17.5 Å². The van der Waals surface area contributed by atoms with Gasteiger partial charge in [0.25, 0.3) is 5.91 Å². The Kier molecular flexibility index (Phi) is 5.06. The molecule has 1 amide bonds. The number of amides is 1. The molecule has 2 N–H and O–H groups in total. The number of aliphatic hydroxyl groups is 1. The number of nitrogens with one attached hydrogen (secondary N) is 1. The van der Waals surface area contributed by atoms with Gasteiger partial charge in [0.15, 0.2) is 0 Å². The highest BCUT2D eigenvalue weighted by Crippen LogP contribution is 2.23. The molecule has 22 heavy (non-hydrogen) atoms. The largest absolute Gasteiger partial charge is 0.494 e. The lowest BCUT2D eigenvalue weighted by molar-refractivity contribution is 0.102. The van der Waals surface area contributed by atoms with E-state index in [2.05, 4.69) is 5.32 Å². The molecule has 0 saturated carbocycles. The van der Waals surface area contributed by atoms with E-state index in [9.17, 15) is 18.7 Å². The third kappa shape index (κ3) is 3.79. The van der Waals surface area contributed by atoms with Crippen LogP contribution in [0.4, 0.5) is 14.5 Å². The summed E-state index contributed by atoms with van der Waals surface area (Å²) in [6, 6.07) is 7.31. The van der Waals surface area contributed by atoms with Gasteiger partial charge in [-0.05, 0) is 37.3 Å². The van der Waals surface area contributed by atoms with Crippen molar-refractivity contribution in [3.8, 4) is 5.75 Å². The molecule has 0 atom stereocenters. The second kappa shape index (κ2) is 7.00. The molecule has 0 radical (unpaired) electrons. The molecule has 0 heterocycles. The Hall–Kier alpha value is -2.47. The summed E-state index contributed by atoms with van der Waals surface area (Å²) in [7, 11) is 0. The standard InChI is InChI=1S/C16H15F2NO3/c1-2-22-15-4-3-14(7-11(15)9-20)19-16(21)10-5-12(17)8-13(18)6-10/h3-8,20H,2,9H2,1H3,(H,19,21). The average Bonchev–Trinajstić information content (AvgIpc) is 2.48. The van der Waals surface area contributed by atoms with Crippen LogP contribution >= 0.6 is 0 Å². The zero-order valence-electron chi connectivity index (χ0n) is 11.9. The van der Waals surface area contributed by atoms with E-state index in [1.807, 2.05) is 6.92 Å². The SMILES string of the molecule is CCOc1ccc(NC(=O)c2cc(F)cc(F)c2)cc1CO. The van der Waals surface area contributed by atoms with Crippen LogP contribution in [0.5, 0.6) is 5.75 Å². The van der Waals surface area contributed by atoms with E-state index in [4.69, 9.17) is 4.74 Å². The van der Waals surface area contributed by atoms with Crippen molar-refractivity contribution in [2.45, 2.75) is 13.5 Å². The van der Waals surface area contributed by atoms with Crippen molar-refractivity contribution in [3.63, 3.8) is 0 Å². The van der Waals surface area contributed by atoms with Crippen molar-refractivity contribution >= 4 is 11.6 Å². The molecule has 0 unspecified atom stereocenters. The second-order valence-electron chi connectivity index (χ2n) is 4.53. The number of hydrogen-bond acceptors (Lipinski definition) is 3. The predicted molar refractivity (Wildman–Crippen MR) is 77.8 cm³/mol. The van der Waals surface area contributed by atoms with Crippen molar-refractivity contribution < 1.29 is 23.4 Å². The normalized spacial score (nSPS) is 10.4. The Morgan fingerprint density at radius 3 is 2.45 bits per heavy atom. The monoisotopic (exact) mass is 307 g/mol. The first-order valence-corrected chi connectivity index (χ1v) is 6.67. The van der Waals surface area contributed by atoms with Gasteiger partial charge < -0.3 is 15.2 Å². The van der Waals surface area contributed by atoms with Gasteiger partial charge in [0.05, 0.1) is 13.2 Å². The number of carbonyl (C=O) groups is 1. The van der Waals surface area contributed by atoms with Gasteiger partial charge in [0.2, 0.25) is 0 Å². The molecule has 2 rings (SSSR count). The highest BCUT2D eigenvalue weighted by atomic mass is 19.1. The van der Waals surface area contributed by atoms with Crippen LogP contribution < -0.4 is 10.1 Å². The van der Waals surface area contributed by atoms with Crippen molar-refractivity contribution in [2.24, 2.45) is 0 Å². The molecular formula is C16H15F2NO3. The molecule has 0 aromatic heterocycles. The Labute approximate surface area is 126 Å². The molecule has 0 aliphatic carbocycles. The van der Waals surface area contributed by atoms with E-state index in [1.54, 1.807) is 18.2 Å². The minimum atomic E-state index is -0.826. The van der Waals surface area contributed by atoms with Crippen LogP contribution in [-0.2, 0) is 6.61 Å². The molecule has 2 aromatic rings. The molecule has 0 aliphatic heterocycles. The summed E-state index contributed by atoms with van der Waals surface area (Å²) in [5.74, 6) is -1.79. The summed E-state index contributed by atoms with van der Waals surface area (Å²) in [5.41, 5.74) is 0.768. The number of anilines is 1. The van der Waals surface area contributed by atoms with Crippen molar-refractivity contribution in [1.29, 1.82) is 0 Å².